The minimum Gasteiger partial charge on any atom is -0.305 e. The normalized spacial score (nSPS) is 31.5. The van der Waals surface area contributed by atoms with Gasteiger partial charge >= 0.3 is 6.18 Å². The van der Waals surface area contributed by atoms with E-state index >= 15 is 0 Å². The van der Waals surface area contributed by atoms with Crippen LogP contribution in [0.3, 0.4) is 0 Å². The predicted octanol–water partition coefficient (Wildman–Crippen LogP) is 1.50. The predicted molar refractivity (Wildman–Crippen MR) is 35.7 cm³/mol. The molecule has 0 aromatic carbocycles. The minimum absolute atomic E-state index is 0.451. The molecule has 0 bridgehead atoms. The number of alkyl halides is 4. The van der Waals surface area contributed by atoms with Gasteiger partial charge in [-0.3, -0.25) is 0 Å². The number of hydrazone groups is 1. The van der Waals surface area contributed by atoms with Crippen LogP contribution < -0.4 is 5.43 Å². The zero-order valence-corrected chi connectivity index (χ0v) is 6.37. The molecule has 11 heavy (non-hydrogen) atoms. The Morgan fingerprint density at radius 3 is 2.27 bits per heavy atom. The number of halogens is 4. The maximum Gasteiger partial charge on any atom is 0.432 e. The summed E-state index contributed by atoms with van der Waals surface area (Å²) in [5, 5.41) is 2.00. The molecule has 0 amide bonds. The number of rotatable bonds is 0. The molecule has 6 heteroatoms. The van der Waals surface area contributed by atoms with Gasteiger partial charge in [0.1, 0.15) is 5.38 Å². The fourth-order valence-corrected chi connectivity index (χ4v) is 0.984. The molecule has 1 heterocycles. The van der Waals surface area contributed by atoms with E-state index in [9.17, 15) is 13.2 Å². The molecule has 0 radical (unpaired) electrons. The van der Waals surface area contributed by atoms with Crippen molar-refractivity contribution in [1.29, 1.82) is 0 Å². The lowest BCUT2D eigenvalue weighted by atomic mass is 10.2. The minimum atomic E-state index is -4.41. The van der Waals surface area contributed by atoms with Crippen molar-refractivity contribution in [2.45, 2.75) is 24.5 Å². The van der Waals surface area contributed by atoms with Gasteiger partial charge in [-0.05, 0) is 6.92 Å². The lowest BCUT2D eigenvalue weighted by Gasteiger charge is -2.10. The Bertz CT molecular complexity index is 189. The van der Waals surface area contributed by atoms with Crippen LogP contribution >= 0.6 is 11.6 Å². The van der Waals surface area contributed by atoms with Gasteiger partial charge in [0, 0.05) is 0 Å². The fourth-order valence-electron chi connectivity index (χ4n) is 0.755. The van der Waals surface area contributed by atoms with Gasteiger partial charge in [0.15, 0.2) is 5.71 Å². The van der Waals surface area contributed by atoms with E-state index in [1.807, 2.05) is 0 Å². The van der Waals surface area contributed by atoms with Gasteiger partial charge in [-0.15, -0.1) is 11.6 Å². The molecule has 64 valence electrons. The van der Waals surface area contributed by atoms with Crippen LogP contribution in [0, 0.1) is 0 Å². The Hall–Kier alpha value is -0.450. The quantitative estimate of drug-likeness (QED) is 0.570. The number of nitrogens with one attached hydrogen (secondary N) is 1. The maximum absolute atomic E-state index is 11.9. The highest BCUT2D eigenvalue weighted by molar-refractivity contribution is 6.34. The van der Waals surface area contributed by atoms with E-state index in [0.717, 1.165) is 0 Å². The molecule has 0 aromatic rings. The van der Waals surface area contributed by atoms with E-state index < -0.39 is 23.3 Å². The molecule has 2 nitrogen and oxygen atoms in total. The van der Waals surface area contributed by atoms with Crippen LogP contribution in [0.2, 0.25) is 0 Å². The Morgan fingerprint density at radius 1 is 1.55 bits per heavy atom. The third-order valence-electron chi connectivity index (χ3n) is 1.38. The first kappa shape index (κ1) is 8.64. The molecule has 1 N–H and O–H groups in total. The smallest absolute Gasteiger partial charge is 0.305 e. The highest BCUT2D eigenvalue weighted by Crippen LogP contribution is 2.26. The summed E-state index contributed by atoms with van der Waals surface area (Å²) >= 11 is 5.40. The highest BCUT2D eigenvalue weighted by atomic mass is 35.5. The summed E-state index contributed by atoms with van der Waals surface area (Å²) in [6.45, 7) is 1.54. The monoisotopic (exact) mass is 186 g/mol. The Labute approximate surface area is 66.4 Å². The summed E-state index contributed by atoms with van der Waals surface area (Å²) in [6.07, 6.45) is -4.41. The second-order valence-corrected chi connectivity index (χ2v) is 2.78. The molecule has 1 aliphatic rings. The van der Waals surface area contributed by atoms with Gasteiger partial charge in [-0.25, -0.2) is 0 Å². The van der Waals surface area contributed by atoms with Crippen molar-refractivity contribution in [3.63, 3.8) is 0 Å². The Balaban J connectivity index is 2.76. The topological polar surface area (TPSA) is 24.4 Å². The second-order valence-electron chi connectivity index (χ2n) is 2.31. The molecule has 0 aromatic heterocycles. The fraction of sp³-hybridized carbons (Fsp3) is 0.800. The van der Waals surface area contributed by atoms with Crippen LogP contribution in [0.5, 0.6) is 0 Å². The molecule has 0 saturated carbocycles. The van der Waals surface area contributed by atoms with E-state index in [2.05, 4.69) is 10.5 Å². The van der Waals surface area contributed by atoms with Crippen molar-refractivity contribution >= 4 is 17.3 Å². The van der Waals surface area contributed by atoms with E-state index in [1.54, 1.807) is 6.92 Å². The maximum atomic E-state index is 11.9. The Morgan fingerprint density at radius 2 is 2.09 bits per heavy atom. The zero-order valence-electron chi connectivity index (χ0n) is 5.61. The molecule has 1 rings (SSSR count). The van der Waals surface area contributed by atoms with Crippen LogP contribution in [0.15, 0.2) is 5.10 Å². The van der Waals surface area contributed by atoms with Gasteiger partial charge in [-0.1, -0.05) is 0 Å². The van der Waals surface area contributed by atoms with E-state index in [1.165, 1.54) is 0 Å². The average molecular weight is 187 g/mol. The van der Waals surface area contributed by atoms with Gasteiger partial charge in [0.2, 0.25) is 0 Å². The van der Waals surface area contributed by atoms with E-state index in [0.29, 0.717) is 0 Å². The molecule has 2 unspecified atom stereocenters. The number of nitrogens with zero attached hydrogens (tertiary/aromatic N) is 1. The van der Waals surface area contributed by atoms with Gasteiger partial charge in [0.25, 0.3) is 0 Å². The largest absolute Gasteiger partial charge is 0.432 e. The number of hydrogen-bond acceptors (Lipinski definition) is 2. The highest BCUT2D eigenvalue weighted by Gasteiger charge is 2.45. The van der Waals surface area contributed by atoms with E-state index in [-0.39, 0.29) is 0 Å². The second kappa shape index (κ2) is 2.55. The number of hydrogen-bond donors (Lipinski definition) is 1. The van der Waals surface area contributed by atoms with Crippen LogP contribution in [-0.4, -0.2) is 23.3 Å². The zero-order chi connectivity index (χ0) is 8.65. The lowest BCUT2D eigenvalue weighted by Crippen LogP contribution is -2.34. The van der Waals surface area contributed by atoms with Crippen molar-refractivity contribution in [1.82, 2.24) is 5.43 Å². The molecule has 0 saturated heterocycles. The average Bonchev–Trinajstić information content (AvgIpc) is 2.11. The summed E-state index contributed by atoms with van der Waals surface area (Å²) < 4.78 is 35.8. The van der Waals surface area contributed by atoms with Crippen molar-refractivity contribution in [3.8, 4) is 0 Å². The standard InChI is InChI=1S/C5H6ClF3N2/c1-2-3(6)4(11-10-2)5(7,8)9/h2-3,10H,1H3. The summed E-state index contributed by atoms with van der Waals surface area (Å²) in [5.74, 6) is 0. The summed E-state index contributed by atoms with van der Waals surface area (Å²) in [6, 6.07) is -0.451. The lowest BCUT2D eigenvalue weighted by molar-refractivity contribution is -0.0598. The van der Waals surface area contributed by atoms with Crippen LogP contribution in [0.4, 0.5) is 13.2 Å². The van der Waals surface area contributed by atoms with E-state index in [4.69, 9.17) is 11.6 Å². The Kier molecular flexibility index (Phi) is 2.00. The van der Waals surface area contributed by atoms with Crippen LogP contribution in [0.1, 0.15) is 6.92 Å². The molecule has 0 spiro atoms. The molecular weight excluding hydrogens is 181 g/mol. The first-order chi connectivity index (χ1) is 4.93. The van der Waals surface area contributed by atoms with Crippen molar-refractivity contribution in [2.75, 3.05) is 0 Å². The molecule has 0 aliphatic carbocycles. The van der Waals surface area contributed by atoms with Gasteiger partial charge in [-0.2, -0.15) is 18.3 Å². The molecule has 2 atom stereocenters. The van der Waals surface area contributed by atoms with Crippen molar-refractivity contribution < 1.29 is 13.2 Å². The molecular formula is C5H6ClF3N2. The van der Waals surface area contributed by atoms with Crippen LogP contribution in [0.25, 0.3) is 0 Å². The molecule has 1 aliphatic heterocycles. The third kappa shape index (κ3) is 1.58. The van der Waals surface area contributed by atoms with Gasteiger partial charge < -0.3 is 5.43 Å². The van der Waals surface area contributed by atoms with Crippen molar-refractivity contribution in [2.24, 2.45) is 5.10 Å². The first-order valence-electron chi connectivity index (χ1n) is 2.97. The van der Waals surface area contributed by atoms with Crippen LogP contribution in [-0.2, 0) is 0 Å². The summed E-state index contributed by atoms with van der Waals surface area (Å²) in [5.41, 5.74) is 1.32. The van der Waals surface area contributed by atoms with Crippen molar-refractivity contribution in [3.05, 3.63) is 0 Å². The van der Waals surface area contributed by atoms with Gasteiger partial charge in [0.05, 0.1) is 6.04 Å². The SMILES string of the molecule is CC1NN=C(C(F)(F)F)C1Cl. The third-order valence-corrected chi connectivity index (χ3v) is 1.96. The first-order valence-corrected chi connectivity index (χ1v) is 3.41. The molecule has 0 fully saturated rings. The summed E-state index contributed by atoms with van der Waals surface area (Å²) in [4.78, 5) is 0. The summed E-state index contributed by atoms with van der Waals surface area (Å²) in [7, 11) is 0.